The third kappa shape index (κ3) is 2.07. The largest absolute Gasteiger partial charge is 0.330 e. The first kappa shape index (κ1) is 11.8. The lowest BCUT2D eigenvalue weighted by atomic mass is 9.88. The van der Waals surface area contributed by atoms with Crippen LogP contribution in [0.1, 0.15) is 75.2 Å². The van der Waals surface area contributed by atoms with Crippen molar-refractivity contribution in [2.24, 2.45) is 0 Å². The molecule has 0 bridgehead atoms. The van der Waals surface area contributed by atoms with Crippen molar-refractivity contribution in [3.8, 4) is 0 Å². The number of aromatic nitrogens is 2. The van der Waals surface area contributed by atoms with Crippen molar-refractivity contribution in [1.29, 1.82) is 0 Å². The molecule has 1 aliphatic carbocycles. The minimum atomic E-state index is 0.669. The van der Waals surface area contributed by atoms with Crippen molar-refractivity contribution < 1.29 is 0 Å². The molecule has 1 aliphatic heterocycles. The Bertz CT molecular complexity index is 405. The lowest BCUT2D eigenvalue weighted by Gasteiger charge is -2.26. The van der Waals surface area contributed by atoms with Crippen LogP contribution in [0, 0.1) is 0 Å². The van der Waals surface area contributed by atoms with Gasteiger partial charge in [0.05, 0.1) is 5.69 Å². The Hall–Kier alpha value is -0.310. The van der Waals surface area contributed by atoms with Gasteiger partial charge in [0, 0.05) is 12.5 Å². The minimum absolute atomic E-state index is 0.669. The third-order valence-electron chi connectivity index (χ3n) is 4.45. The maximum Gasteiger partial charge on any atom is 0.127 e. The number of imidazole rings is 1. The van der Waals surface area contributed by atoms with Crippen LogP contribution < -0.4 is 0 Å². The molecule has 0 N–H and O–H groups in total. The summed E-state index contributed by atoms with van der Waals surface area (Å²) in [7, 11) is 0. The van der Waals surface area contributed by atoms with Gasteiger partial charge in [0.15, 0.2) is 0 Å². The van der Waals surface area contributed by atoms with E-state index in [-0.39, 0.29) is 0 Å². The number of hydrogen-bond donors (Lipinski definition) is 0. The van der Waals surface area contributed by atoms with Crippen LogP contribution in [0.4, 0.5) is 0 Å². The van der Waals surface area contributed by atoms with E-state index in [2.05, 4.69) is 27.4 Å². The molecule has 3 heteroatoms. The van der Waals surface area contributed by atoms with Crippen molar-refractivity contribution in [2.75, 3.05) is 0 Å². The van der Waals surface area contributed by atoms with Gasteiger partial charge in [-0.05, 0) is 47.5 Å². The topological polar surface area (TPSA) is 17.8 Å². The van der Waals surface area contributed by atoms with Gasteiger partial charge in [0.25, 0.3) is 0 Å². The fourth-order valence-corrected chi connectivity index (χ4v) is 4.31. The average molecular weight is 297 g/mol. The Morgan fingerprint density at radius 3 is 2.65 bits per heavy atom. The fourth-order valence-electron chi connectivity index (χ4n) is 3.52. The molecular formula is C14H21BrN2. The molecule has 1 aromatic heterocycles. The SMILES string of the molecule is CC1CCCn2c(C3CCCCC3)nc(Br)c21. The van der Waals surface area contributed by atoms with Crippen molar-refractivity contribution in [1.82, 2.24) is 9.55 Å². The van der Waals surface area contributed by atoms with Crippen molar-refractivity contribution in [3.05, 3.63) is 16.1 Å². The zero-order chi connectivity index (χ0) is 11.8. The summed E-state index contributed by atoms with van der Waals surface area (Å²) in [6.07, 6.45) is 9.52. The highest BCUT2D eigenvalue weighted by Crippen LogP contribution is 2.39. The predicted molar refractivity (Wildman–Crippen MR) is 73.4 cm³/mol. The average Bonchev–Trinajstić information content (AvgIpc) is 2.69. The van der Waals surface area contributed by atoms with Gasteiger partial charge < -0.3 is 4.57 Å². The summed E-state index contributed by atoms with van der Waals surface area (Å²) < 4.78 is 3.64. The standard InChI is InChI=1S/C14H21BrN2/c1-10-6-5-9-17-12(10)13(15)16-14(17)11-7-3-2-4-8-11/h10-11H,2-9H2,1H3. The first-order valence-corrected chi connectivity index (χ1v) is 7.82. The minimum Gasteiger partial charge on any atom is -0.330 e. The Kier molecular flexibility index (Phi) is 3.29. The van der Waals surface area contributed by atoms with Crippen LogP contribution in [0.15, 0.2) is 4.60 Å². The Morgan fingerprint density at radius 2 is 1.88 bits per heavy atom. The first-order chi connectivity index (χ1) is 8.27. The number of hydrogen-bond acceptors (Lipinski definition) is 1. The second kappa shape index (κ2) is 4.75. The first-order valence-electron chi connectivity index (χ1n) is 7.03. The summed E-state index contributed by atoms with van der Waals surface area (Å²) >= 11 is 3.68. The molecule has 2 heterocycles. The molecule has 1 aromatic rings. The third-order valence-corrected chi connectivity index (χ3v) is 5.03. The Morgan fingerprint density at radius 1 is 1.12 bits per heavy atom. The smallest absolute Gasteiger partial charge is 0.127 e. The molecule has 0 aromatic carbocycles. The quantitative estimate of drug-likeness (QED) is 0.741. The molecule has 0 amide bonds. The number of fused-ring (bicyclic) bond motifs is 1. The second-order valence-corrected chi connectivity index (χ2v) is 6.43. The molecule has 0 spiro atoms. The molecule has 2 nitrogen and oxygen atoms in total. The molecular weight excluding hydrogens is 276 g/mol. The zero-order valence-electron chi connectivity index (χ0n) is 10.6. The van der Waals surface area contributed by atoms with Crippen molar-refractivity contribution >= 4 is 15.9 Å². The molecule has 1 unspecified atom stereocenters. The monoisotopic (exact) mass is 296 g/mol. The van der Waals surface area contributed by atoms with Crippen LogP contribution in [-0.2, 0) is 6.54 Å². The van der Waals surface area contributed by atoms with Crippen LogP contribution in [0.5, 0.6) is 0 Å². The summed E-state index contributed by atoms with van der Waals surface area (Å²) in [5.41, 5.74) is 1.46. The zero-order valence-corrected chi connectivity index (χ0v) is 12.2. The molecule has 1 saturated carbocycles. The van der Waals surface area contributed by atoms with Gasteiger partial charge >= 0.3 is 0 Å². The maximum atomic E-state index is 4.85. The number of rotatable bonds is 1. The van der Waals surface area contributed by atoms with Gasteiger partial charge in [-0.1, -0.05) is 26.2 Å². The summed E-state index contributed by atoms with van der Waals surface area (Å²) in [6, 6.07) is 0. The summed E-state index contributed by atoms with van der Waals surface area (Å²) in [4.78, 5) is 4.85. The maximum absolute atomic E-state index is 4.85. The van der Waals surface area contributed by atoms with Crippen molar-refractivity contribution in [3.63, 3.8) is 0 Å². The van der Waals surface area contributed by atoms with E-state index in [1.54, 1.807) is 0 Å². The summed E-state index contributed by atoms with van der Waals surface area (Å²) in [5.74, 6) is 2.76. The molecule has 0 radical (unpaired) electrons. The van der Waals surface area contributed by atoms with Crippen LogP contribution >= 0.6 is 15.9 Å². The van der Waals surface area contributed by atoms with E-state index in [1.807, 2.05) is 0 Å². The highest BCUT2D eigenvalue weighted by Gasteiger charge is 2.28. The van der Waals surface area contributed by atoms with E-state index in [0.29, 0.717) is 5.92 Å². The van der Waals surface area contributed by atoms with Crippen LogP contribution in [0.25, 0.3) is 0 Å². The van der Waals surface area contributed by atoms with Gasteiger partial charge in [-0.25, -0.2) is 4.98 Å². The Balaban J connectivity index is 1.97. The highest BCUT2D eigenvalue weighted by atomic mass is 79.9. The molecule has 2 aliphatic rings. The molecule has 3 rings (SSSR count). The van der Waals surface area contributed by atoms with Crippen LogP contribution in [0.3, 0.4) is 0 Å². The number of halogens is 1. The van der Waals surface area contributed by atoms with E-state index in [1.165, 1.54) is 63.0 Å². The van der Waals surface area contributed by atoms with E-state index in [4.69, 9.17) is 4.98 Å². The van der Waals surface area contributed by atoms with E-state index in [9.17, 15) is 0 Å². The summed E-state index contributed by atoms with van der Waals surface area (Å²) in [5, 5.41) is 0. The molecule has 1 atom stereocenters. The van der Waals surface area contributed by atoms with Crippen LogP contribution in [0.2, 0.25) is 0 Å². The fraction of sp³-hybridized carbons (Fsp3) is 0.786. The molecule has 0 saturated heterocycles. The van der Waals surface area contributed by atoms with Crippen molar-refractivity contribution in [2.45, 2.75) is 70.3 Å². The van der Waals surface area contributed by atoms with Gasteiger partial charge in [-0.15, -0.1) is 0 Å². The normalized spacial score (nSPS) is 25.9. The molecule has 17 heavy (non-hydrogen) atoms. The highest BCUT2D eigenvalue weighted by molar-refractivity contribution is 9.10. The summed E-state index contributed by atoms with van der Waals surface area (Å²) in [6.45, 7) is 3.52. The van der Waals surface area contributed by atoms with Gasteiger partial charge in [0.2, 0.25) is 0 Å². The predicted octanol–water partition coefficient (Wildman–Crippen LogP) is 4.59. The van der Waals surface area contributed by atoms with E-state index < -0.39 is 0 Å². The van der Waals surface area contributed by atoms with Gasteiger partial charge in [-0.2, -0.15) is 0 Å². The lowest BCUT2D eigenvalue weighted by Crippen LogP contribution is -2.18. The lowest BCUT2D eigenvalue weighted by molar-refractivity contribution is 0.393. The Labute approximate surface area is 112 Å². The molecule has 1 fully saturated rings. The van der Waals surface area contributed by atoms with Gasteiger partial charge in [0.1, 0.15) is 10.4 Å². The number of nitrogens with zero attached hydrogens (tertiary/aromatic N) is 2. The van der Waals surface area contributed by atoms with Gasteiger partial charge in [-0.3, -0.25) is 0 Å². The molecule has 94 valence electrons. The second-order valence-electron chi connectivity index (χ2n) is 5.68. The van der Waals surface area contributed by atoms with Crippen LogP contribution in [-0.4, -0.2) is 9.55 Å². The van der Waals surface area contributed by atoms with E-state index in [0.717, 1.165) is 10.5 Å². The van der Waals surface area contributed by atoms with E-state index >= 15 is 0 Å².